The first-order valence-electron chi connectivity index (χ1n) is 5.64. The molecule has 8 heteroatoms. The van der Waals surface area contributed by atoms with Crippen molar-refractivity contribution in [3.8, 4) is 0 Å². The standard InChI is InChI=1S/C12H10N2.2BFH2O/c1-3-7-11(8-4-1)13-14-12-9-5-2-6-10-12;2*2-1-3/h1-10H;2*1,3H/b14-13+;;. The summed E-state index contributed by atoms with van der Waals surface area (Å²) in [6.07, 6.45) is 0. The number of hydrogen-bond acceptors (Lipinski definition) is 4. The Labute approximate surface area is 117 Å². The summed E-state index contributed by atoms with van der Waals surface area (Å²) >= 11 is 0. The Balaban J connectivity index is 0.000000520. The Hall–Kier alpha value is -2.05. The Bertz CT molecular complexity index is 418. The quantitative estimate of drug-likeness (QED) is 0.654. The molecule has 20 heavy (non-hydrogen) atoms. The molecule has 2 N–H and O–H groups in total. The minimum atomic E-state index is -1.25. The third kappa shape index (κ3) is 9.93. The summed E-state index contributed by atoms with van der Waals surface area (Å²) in [5.74, 6) is 0. The van der Waals surface area contributed by atoms with Gasteiger partial charge in [0, 0.05) is 0 Å². The molecule has 0 bridgehead atoms. The number of halogens is 2. The number of hydrogen-bond donors (Lipinski definition) is 2. The van der Waals surface area contributed by atoms with Gasteiger partial charge in [0.25, 0.3) is 0 Å². The molecule has 2 aromatic rings. The molecule has 2 aromatic carbocycles. The number of azo groups is 1. The largest absolute Gasteiger partial charge is 0.479 e. The van der Waals surface area contributed by atoms with E-state index >= 15 is 0 Å². The number of benzene rings is 2. The molecule has 0 heterocycles. The highest BCUT2D eigenvalue weighted by atomic mass is 19.1. The zero-order valence-electron chi connectivity index (χ0n) is 10.7. The normalized spacial score (nSPS) is 8.80. The molecule has 0 saturated carbocycles. The van der Waals surface area contributed by atoms with E-state index in [9.17, 15) is 8.63 Å². The summed E-state index contributed by atoms with van der Waals surface area (Å²) in [5, 5.41) is 22.0. The Morgan fingerprint density at radius 2 is 0.900 bits per heavy atom. The van der Waals surface area contributed by atoms with E-state index in [4.69, 9.17) is 10.0 Å². The lowest BCUT2D eigenvalue weighted by molar-refractivity contribution is 0.535. The molecule has 0 radical (unpaired) electrons. The van der Waals surface area contributed by atoms with Crippen LogP contribution in [0.2, 0.25) is 0 Å². The smallest absolute Gasteiger partial charge is 0.427 e. The summed E-state index contributed by atoms with van der Waals surface area (Å²) in [6, 6.07) is 19.4. The predicted molar refractivity (Wildman–Crippen MR) is 78.0 cm³/mol. The lowest BCUT2D eigenvalue weighted by Crippen LogP contribution is -1.62. The second-order valence-electron chi connectivity index (χ2n) is 3.11. The maximum atomic E-state index is 9.85. The maximum absolute atomic E-state index is 9.85. The predicted octanol–water partition coefficient (Wildman–Crippen LogP) is 2.53. The van der Waals surface area contributed by atoms with Gasteiger partial charge in [-0.25, -0.2) is 0 Å². The monoisotopic (exact) mass is 278 g/mol. The van der Waals surface area contributed by atoms with Gasteiger partial charge in [-0.15, -0.1) is 0 Å². The summed E-state index contributed by atoms with van der Waals surface area (Å²) in [5.41, 5.74) is 1.74. The van der Waals surface area contributed by atoms with Crippen molar-refractivity contribution in [1.82, 2.24) is 0 Å². The minimum Gasteiger partial charge on any atom is -0.427 e. The lowest BCUT2D eigenvalue weighted by atomic mass is 10.3. The van der Waals surface area contributed by atoms with Gasteiger partial charge in [0.15, 0.2) is 0 Å². The van der Waals surface area contributed by atoms with Crippen molar-refractivity contribution < 1.29 is 18.7 Å². The highest BCUT2D eigenvalue weighted by molar-refractivity contribution is 6.14. The molecule has 2 rings (SSSR count). The highest BCUT2D eigenvalue weighted by Gasteiger charge is 1.86. The van der Waals surface area contributed by atoms with Crippen molar-refractivity contribution in [1.29, 1.82) is 0 Å². The van der Waals surface area contributed by atoms with E-state index < -0.39 is 15.5 Å². The molecule has 0 aliphatic heterocycles. The van der Waals surface area contributed by atoms with Gasteiger partial charge in [-0.2, -0.15) is 10.2 Å². The van der Waals surface area contributed by atoms with Gasteiger partial charge in [0.05, 0.1) is 11.4 Å². The van der Waals surface area contributed by atoms with Gasteiger partial charge in [-0.05, 0) is 24.3 Å². The van der Waals surface area contributed by atoms with E-state index in [1.165, 1.54) is 0 Å². The van der Waals surface area contributed by atoms with Crippen molar-refractivity contribution in [2.24, 2.45) is 10.2 Å². The molecule has 0 unspecified atom stereocenters. The van der Waals surface area contributed by atoms with E-state index in [1.54, 1.807) is 0 Å². The number of rotatable bonds is 2. The first-order chi connectivity index (χ1) is 9.78. The van der Waals surface area contributed by atoms with Crippen LogP contribution in [-0.4, -0.2) is 25.6 Å². The van der Waals surface area contributed by atoms with Crippen LogP contribution in [0.25, 0.3) is 0 Å². The van der Waals surface area contributed by atoms with Gasteiger partial charge >= 0.3 is 15.5 Å². The molecule has 0 amide bonds. The highest BCUT2D eigenvalue weighted by Crippen LogP contribution is 2.16. The van der Waals surface area contributed by atoms with Crippen LogP contribution >= 0.6 is 0 Å². The van der Waals surface area contributed by atoms with Crippen LogP contribution < -0.4 is 0 Å². The van der Waals surface area contributed by atoms with Crippen molar-refractivity contribution in [3.05, 3.63) is 60.7 Å². The van der Waals surface area contributed by atoms with Gasteiger partial charge in [-0.1, -0.05) is 36.4 Å². The van der Waals surface area contributed by atoms with Crippen LogP contribution in [0.4, 0.5) is 20.0 Å². The zero-order valence-corrected chi connectivity index (χ0v) is 10.7. The average Bonchev–Trinajstić information content (AvgIpc) is 2.49. The van der Waals surface area contributed by atoms with Crippen molar-refractivity contribution in [2.45, 2.75) is 0 Å². The minimum absolute atomic E-state index is 0.872. The van der Waals surface area contributed by atoms with Crippen LogP contribution in [0.3, 0.4) is 0 Å². The lowest BCUT2D eigenvalue weighted by Gasteiger charge is -1.91. The summed E-state index contributed by atoms with van der Waals surface area (Å²) in [4.78, 5) is 0. The van der Waals surface area contributed by atoms with E-state index in [0.29, 0.717) is 0 Å². The summed E-state index contributed by atoms with van der Waals surface area (Å²) < 4.78 is 19.7. The second kappa shape index (κ2) is 13.4. The molecule has 4 nitrogen and oxygen atoms in total. The molecular formula is C12H14B2F2N2O2. The van der Waals surface area contributed by atoms with E-state index in [2.05, 4.69) is 10.2 Å². The summed E-state index contributed by atoms with van der Waals surface area (Å²) in [6.45, 7) is 0. The third-order valence-electron chi connectivity index (χ3n) is 1.79. The molecule has 0 fully saturated rings. The van der Waals surface area contributed by atoms with Gasteiger partial charge in [0.2, 0.25) is 0 Å². The SMILES string of the molecule is OBF.OBF.c1ccc(/N=N/c2ccccc2)cc1. The van der Waals surface area contributed by atoms with Gasteiger partial charge in [-0.3, -0.25) is 8.63 Å². The van der Waals surface area contributed by atoms with E-state index in [1.807, 2.05) is 60.7 Å². The Kier molecular flexibility index (Phi) is 12.0. The molecular weight excluding hydrogens is 264 g/mol. The molecule has 0 aliphatic carbocycles. The van der Waals surface area contributed by atoms with Crippen molar-refractivity contribution in [2.75, 3.05) is 0 Å². The van der Waals surface area contributed by atoms with Crippen LogP contribution in [0.15, 0.2) is 70.9 Å². The fourth-order valence-corrected chi connectivity index (χ4v) is 1.10. The first-order valence-corrected chi connectivity index (χ1v) is 5.64. The van der Waals surface area contributed by atoms with E-state index in [0.717, 1.165) is 11.4 Å². The van der Waals surface area contributed by atoms with Crippen LogP contribution in [0, 0.1) is 0 Å². The Morgan fingerprint density at radius 1 is 0.650 bits per heavy atom. The Morgan fingerprint density at radius 3 is 1.15 bits per heavy atom. The fourth-order valence-electron chi connectivity index (χ4n) is 1.10. The summed E-state index contributed by atoms with van der Waals surface area (Å²) in [7, 11) is -2.50. The molecule has 104 valence electrons. The molecule has 0 aliphatic rings. The molecule has 0 aromatic heterocycles. The molecule has 0 spiro atoms. The first kappa shape index (κ1) is 17.9. The number of nitrogens with zero attached hydrogens (tertiary/aromatic N) is 2. The fraction of sp³-hybridized carbons (Fsp3) is 0. The van der Waals surface area contributed by atoms with Gasteiger partial charge in [0.1, 0.15) is 0 Å². The van der Waals surface area contributed by atoms with Crippen LogP contribution in [-0.2, 0) is 0 Å². The molecule has 0 saturated heterocycles. The molecule has 0 atom stereocenters. The third-order valence-corrected chi connectivity index (χ3v) is 1.79. The van der Waals surface area contributed by atoms with Crippen LogP contribution in [0.1, 0.15) is 0 Å². The second-order valence-corrected chi connectivity index (χ2v) is 3.11. The van der Waals surface area contributed by atoms with Crippen LogP contribution in [0.5, 0.6) is 0 Å². The zero-order chi connectivity index (χ0) is 15.1. The maximum Gasteiger partial charge on any atom is 0.479 e. The van der Waals surface area contributed by atoms with Crippen molar-refractivity contribution >= 4 is 26.9 Å². The topological polar surface area (TPSA) is 65.2 Å². The van der Waals surface area contributed by atoms with E-state index in [-0.39, 0.29) is 0 Å². The average molecular weight is 278 g/mol. The van der Waals surface area contributed by atoms with Crippen molar-refractivity contribution in [3.63, 3.8) is 0 Å². The van der Waals surface area contributed by atoms with Gasteiger partial charge < -0.3 is 10.0 Å².